The highest BCUT2D eigenvalue weighted by Crippen LogP contribution is 2.35. The van der Waals surface area contributed by atoms with Crippen LogP contribution in [-0.4, -0.2) is 0 Å². The second-order valence-electron chi connectivity index (χ2n) is 5.49. The monoisotopic (exact) mass is 252 g/mol. The first-order chi connectivity index (χ1) is 8.20. The summed E-state index contributed by atoms with van der Waals surface area (Å²) >= 11 is 1.97. The predicted molar refractivity (Wildman–Crippen MR) is 75.1 cm³/mol. The van der Waals surface area contributed by atoms with Crippen LogP contribution in [-0.2, 0) is 12.8 Å². The Morgan fingerprint density at radius 1 is 1.35 bits per heavy atom. The summed E-state index contributed by atoms with van der Waals surface area (Å²) in [6, 6.07) is 2.75. The van der Waals surface area contributed by atoms with E-state index < -0.39 is 0 Å². The van der Waals surface area contributed by atoms with E-state index in [-0.39, 0.29) is 0 Å². The average molecular weight is 252 g/mol. The van der Waals surface area contributed by atoms with Gasteiger partial charge in [-0.1, -0.05) is 26.7 Å². The molecule has 1 aliphatic carbocycles. The molecule has 17 heavy (non-hydrogen) atoms. The van der Waals surface area contributed by atoms with Gasteiger partial charge in [0.25, 0.3) is 0 Å². The summed E-state index contributed by atoms with van der Waals surface area (Å²) in [6.45, 7) is 4.56. The van der Waals surface area contributed by atoms with Gasteiger partial charge in [0.1, 0.15) is 0 Å². The van der Waals surface area contributed by atoms with Crippen molar-refractivity contribution in [3.8, 4) is 0 Å². The van der Waals surface area contributed by atoms with Crippen LogP contribution in [0.5, 0.6) is 0 Å². The highest BCUT2D eigenvalue weighted by atomic mass is 32.1. The summed E-state index contributed by atoms with van der Waals surface area (Å²) in [4.78, 5) is 3.05. The van der Waals surface area contributed by atoms with E-state index in [1.165, 1.54) is 37.0 Å². The van der Waals surface area contributed by atoms with Crippen molar-refractivity contribution in [3.63, 3.8) is 0 Å². The molecule has 1 aliphatic rings. The van der Waals surface area contributed by atoms with Crippen molar-refractivity contribution in [2.45, 2.75) is 58.4 Å². The van der Waals surface area contributed by atoms with Crippen LogP contribution < -0.4 is 11.3 Å². The van der Waals surface area contributed by atoms with Gasteiger partial charge in [0, 0.05) is 9.75 Å². The lowest BCUT2D eigenvalue weighted by Gasteiger charge is -2.14. The van der Waals surface area contributed by atoms with Gasteiger partial charge < -0.3 is 0 Å². The highest BCUT2D eigenvalue weighted by molar-refractivity contribution is 7.12. The van der Waals surface area contributed by atoms with Crippen molar-refractivity contribution < 1.29 is 0 Å². The minimum absolute atomic E-state index is 0.365. The Balaban J connectivity index is 1.92. The van der Waals surface area contributed by atoms with Crippen molar-refractivity contribution in [1.29, 1.82) is 0 Å². The molecule has 96 valence electrons. The Bertz CT molecular complexity index is 336. The van der Waals surface area contributed by atoms with Gasteiger partial charge in [0.05, 0.1) is 6.04 Å². The van der Waals surface area contributed by atoms with Crippen LogP contribution in [0.15, 0.2) is 6.07 Å². The van der Waals surface area contributed by atoms with E-state index in [1.807, 2.05) is 11.3 Å². The normalized spacial score (nSPS) is 16.5. The van der Waals surface area contributed by atoms with Crippen molar-refractivity contribution in [2.24, 2.45) is 11.8 Å². The van der Waals surface area contributed by atoms with Crippen LogP contribution in [0.4, 0.5) is 0 Å². The van der Waals surface area contributed by atoms with Crippen LogP contribution >= 0.6 is 11.3 Å². The number of aryl methyl sites for hydroxylation is 2. The summed E-state index contributed by atoms with van der Waals surface area (Å²) in [5, 5.41) is 0. The molecule has 0 radical (unpaired) electrons. The lowest BCUT2D eigenvalue weighted by molar-refractivity contribution is 0.459. The minimum atomic E-state index is 0.365. The molecule has 2 rings (SSSR count). The van der Waals surface area contributed by atoms with E-state index in [9.17, 15) is 0 Å². The highest BCUT2D eigenvalue weighted by Gasteiger charge is 2.19. The average Bonchev–Trinajstić information content (AvgIpc) is 2.83. The van der Waals surface area contributed by atoms with E-state index in [1.54, 1.807) is 10.4 Å². The Morgan fingerprint density at radius 3 is 2.82 bits per heavy atom. The Labute approximate surface area is 109 Å². The SMILES string of the molecule is CC(C)CCCC(NN)c1cc2c(s1)CCC2. The number of hydrogen-bond donors (Lipinski definition) is 2. The van der Waals surface area contributed by atoms with Crippen molar-refractivity contribution in [1.82, 2.24) is 5.43 Å². The lowest BCUT2D eigenvalue weighted by Crippen LogP contribution is -2.27. The number of hydrazine groups is 1. The summed E-state index contributed by atoms with van der Waals surface area (Å²) < 4.78 is 0. The third kappa shape index (κ3) is 3.30. The molecule has 0 bridgehead atoms. The molecule has 3 heteroatoms. The minimum Gasteiger partial charge on any atom is -0.271 e. The molecular formula is C14H24N2S. The number of fused-ring (bicyclic) bond motifs is 1. The van der Waals surface area contributed by atoms with E-state index in [4.69, 9.17) is 5.84 Å². The number of nitrogens with two attached hydrogens (primary N) is 1. The Morgan fingerprint density at radius 2 is 2.18 bits per heavy atom. The van der Waals surface area contributed by atoms with Crippen LogP contribution in [0.2, 0.25) is 0 Å². The zero-order chi connectivity index (χ0) is 12.3. The first-order valence-corrected chi connectivity index (χ1v) is 7.60. The van der Waals surface area contributed by atoms with E-state index in [2.05, 4.69) is 25.3 Å². The standard InChI is InChI=1S/C14H24N2S/c1-10(2)5-3-7-12(16-15)14-9-11-6-4-8-13(11)17-14/h9-10,12,16H,3-8,15H2,1-2H3. The number of hydrogen-bond acceptors (Lipinski definition) is 3. The molecule has 0 aliphatic heterocycles. The number of thiophene rings is 1. The van der Waals surface area contributed by atoms with Gasteiger partial charge >= 0.3 is 0 Å². The fraction of sp³-hybridized carbons (Fsp3) is 0.714. The fourth-order valence-corrected chi connectivity index (χ4v) is 3.91. The summed E-state index contributed by atoms with van der Waals surface area (Å²) in [7, 11) is 0. The predicted octanol–water partition coefficient (Wildman–Crippen LogP) is 3.57. The second-order valence-corrected chi connectivity index (χ2v) is 6.66. The van der Waals surface area contributed by atoms with E-state index in [0.29, 0.717) is 6.04 Å². The zero-order valence-electron chi connectivity index (χ0n) is 11.0. The maximum absolute atomic E-state index is 5.70. The molecule has 0 amide bonds. The van der Waals surface area contributed by atoms with E-state index >= 15 is 0 Å². The quantitative estimate of drug-likeness (QED) is 0.600. The molecular weight excluding hydrogens is 228 g/mol. The van der Waals surface area contributed by atoms with Gasteiger partial charge in [-0.3, -0.25) is 11.3 Å². The van der Waals surface area contributed by atoms with Crippen molar-refractivity contribution in [2.75, 3.05) is 0 Å². The maximum Gasteiger partial charge on any atom is 0.0553 e. The number of rotatable bonds is 6. The van der Waals surface area contributed by atoms with Gasteiger partial charge in [0.2, 0.25) is 0 Å². The molecule has 3 N–H and O–H groups in total. The maximum atomic E-state index is 5.70. The second kappa shape index (κ2) is 5.98. The van der Waals surface area contributed by atoms with Gasteiger partial charge in [-0.05, 0) is 43.2 Å². The fourth-order valence-electron chi connectivity index (χ4n) is 2.56. The summed E-state index contributed by atoms with van der Waals surface area (Å²) in [5.74, 6) is 6.49. The zero-order valence-corrected chi connectivity index (χ0v) is 11.8. The first kappa shape index (κ1) is 13.1. The smallest absolute Gasteiger partial charge is 0.0553 e. The topological polar surface area (TPSA) is 38.0 Å². The van der Waals surface area contributed by atoms with Crippen LogP contribution in [0.3, 0.4) is 0 Å². The summed E-state index contributed by atoms with van der Waals surface area (Å²) in [5.41, 5.74) is 4.57. The Kier molecular flexibility index (Phi) is 4.60. The van der Waals surface area contributed by atoms with Gasteiger partial charge in [-0.15, -0.1) is 11.3 Å². The van der Waals surface area contributed by atoms with Crippen LogP contribution in [0.25, 0.3) is 0 Å². The van der Waals surface area contributed by atoms with Gasteiger partial charge in [-0.2, -0.15) is 0 Å². The molecule has 1 atom stereocenters. The molecule has 0 saturated heterocycles. The largest absolute Gasteiger partial charge is 0.271 e. The molecule has 0 spiro atoms. The third-order valence-electron chi connectivity index (χ3n) is 3.58. The van der Waals surface area contributed by atoms with Gasteiger partial charge in [0.15, 0.2) is 0 Å². The first-order valence-electron chi connectivity index (χ1n) is 6.78. The Hall–Kier alpha value is -0.380. The van der Waals surface area contributed by atoms with Gasteiger partial charge in [-0.25, -0.2) is 0 Å². The summed E-state index contributed by atoms with van der Waals surface area (Å²) in [6.07, 6.45) is 7.61. The molecule has 0 aromatic carbocycles. The molecule has 0 saturated carbocycles. The molecule has 1 heterocycles. The van der Waals surface area contributed by atoms with Crippen molar-refractivity contribution in [3.05, 3.63) is 21.4 Å². The van der Waals surface area contributed by atoms with Crippen LogP contribution in [0, 0.1) is 5.92 Å². The molecule has 1 aromatic heterocycles. The lowest BCUT2D eigenvalue weighted by atomic mass is 10.0. The van der Waals surface area contributed by atoms with E-state index in [0.717, 1.165) is 12.3 Å². The number of nitrogens with one attached hydrogen (secondary N) is 1. The van der Waals surface area contributed by atoms with Crippen molar-refractivity contribution >= 4 is 11.3 Å². The molecule has 2 nitrogen and oxygen atoms in total. The molecule has 1 unspecified atom stereocenters. The van der Waals surface area contributed by atoms with Crippen LogP contribution in [0.1, 0.15) is 60.9 Å². The third-order valence-corrected chi connectivity index (χ3v) is 4.94. The molecule has 1 aromatic rings. The molecule has 0 fully saturated rings.